The summed E-state index contributed by atoms with van der Waals surface area (Å²) in [6.45, 7) is 2.02. The minimum Gasteiger partial charge on any atom is -0.345 e. The van der Waals surface area contributed by atoms with Crippen molar-refractivity contribution < 1.29 is 4.79 Å². The second-order valence-electron chi connectivity index (χ2n) is 5.20. The summed E-state index contributed by atoms with van der Waals surface area (Å²) in [5, 5.41) is 4.24. The van der Waals surface area contributed by atoms with Gasteiger partial charge in [0.15, 0.2) is 0 Å². The van der Waals surface area contributed by atoms with Crippen LogP contribution >= 0.6 is 23.2 Å². The van der Waals surface area contributed by atoms with Crippen molar-refractivity contribution in [3.8, 4) is 0 Å². The zero-order valence-electron chi connectivity index (χ0n) is 11.6. The molecule has 2 atom stereocenters. The maximum absolute atomic E-state index is 12.4. The van der Waals surface area contributed by atoms with Crippen LogP contribution in [0.25, 0.3) is 0 Å². The second-order valence-corrected chi connectivity index (χ2v) is 6.04. The van der Waals surface area contributed by atoms with Crippen LogP contribution in [-0.4, -0.2) is 5.91 Å². The van der Waals surface area contributed by atoms with Gasteiger partial charge in [-0.25, -0.2) is 0 Å². The molecule has 0 saturated carbocycles. The van der Waals surface area contributed by atoms with Gasteiger partial charge in [-0.05, 0) is 35.2 Å². The van der Waals surface area contributed by atoms with Gasteiger partial charge < -0.3 is 5.32 Å². The van der Waals surface area contributed by atoms with E-state index in [9.17, 15) is 4.79 Å². The standard InChI is InChI=1S/C17H15Cl2NO/c1-2-11-12-5-3-4-6-13(12)16(20-17(11)21)14-8-7-10(18)9-15(14)19/h3-9,11,16H,2H2,1H3,(H,20,21). The molecular weight excluding hydrogens is 305 g/mol. The van der Waals surface area contributed by atoms with Crippen LogP contribution in [0, 0.1) is 0 Å². The molecule has 21 heavy (non-hydrogen) atoms. The van der Waals surface area contributed by atoms with Gasteiger partial charge in [0.05, 0.1) is 12.0 Å². The van der Waals surface area contributed by atoms with Crippen molar-refractivity contribution >= 4 is 29.1 Å². The first kappa shape index (κ1) is 14.4. The highest BCUT2D eigenvalue weighted by Crippen LogP contribution is 2.38. The highest BCUT2D eigenvalue weighted by atomic mass is 35.5. The first-order valence-corrected chi connectivity index (χ1v) is 7.71. The number of amides is 1. The van der Waals surface area contributed by atoms with Crippen molar-refractivity contribution in [1.82, 2.24) is 5.32 Å². The predicted octanol–water partition coefficient (Wildman–Crippen LogP) is 4.71. The monoisotopic (exact) mass is 319 g/mol. The molecule has 1 aliphatic heterocycles. The quantitative estimate of drug-likeness (QED) is 0.853. The Morgan fingerprint density at radius 2 is 1.76 bits per heavy atom. The van der Waals surface area contributed by atoms with Crippen LogP contribution in [-0.2, 0) is 4.79 Å². The van der Waals surface area contributed by atoms with Crippen molar-refractivity contribution in [1.29, 1.82) is 0 Å². The first-order chi connectivity index (χ1) is 10.1. The van der Waals surface area contributed by atoms with Crippen LogP contribution in [0.2, 0.25) is 10.0 Å². The lowest BCUT2D eigenvalue weighted by atomic mass is 9.82. The van der Waals surface area contributed by atoms with Gasteiger partial charge in [-0.3, -0.25) is 4.79 Å². The molecule has 2 aromatic rings. The van der Waals surface area contributed by atoms with E-state index in [4.69, 9.17) is 23.2 Å². The molecule has 1 amide bonds. The van der Waals surface area contributed by atoms with Crippen molar-refractivity contribution in [3.05, 3.63) is 69.2 Å². The lowest BCUT2D eigenvalue weighted by molar-refractivity contribution is -0.123. The molecule has 0 fully saturated rings. The molecule has 2 unspecified atom stereocenters. The summed E-state index contributed by atoms with van der Waals surface area (Å²) < 4.78 is 0. The molecular formula is C17H15Cl2NO. The topological polar surface area (TPSA) is 29.1 Å². The van der Waals surface area contributed by atoms with Crippen LogP contribution in [0.3, 0.4) is 0 Å². The Morgan fingerprint density at radius 1 is 1.05 bits per heavy atom. The Kier molecular flexibility index (Phi) is 3.92. The maximum Gasteiger partial charge on any atom is 0.228 e. The van der Waals surface area contributed by atoms with Crippen molar-refractivity contribution in [2.45, 2.75) is 25.3 Å². The summed E-state index contributed by atoms with van der Waals surface area (Å²) in [6, 6.07) is 13.2. The molecule has 2 nitrogen and oxygen atoms in total. The number of benzene rings is 2. The van der Waals surface area contributed by atoms with Crippen LogP contribution in [0.15, 0.2) is 42.5 Å². The summed E-state index contributed by atoms with van der Waals surface area (Å²) in [5.74, 6) is -0.0456. The maximum atomic E-state index is 12.4. The third-order valence-electron chi connectivity index (χ3n) is 3.97. The van der Waals surface area contributed by atoms with Crippen molar-refractivity contribution in [2.75, 3.05) is 0 Å². The van der Waals surface area contributed by atoms with E-state index in [1.165, 1.54) is 0 Å². The third kappa shape index (κ3) is 2.54. The Labute approximate surface area is 134 Å². The Morgan fingerprint density at radius 3 is 2.43 bits per heavy atom. The van der Waals surface area contributed by atoms with Crippen molar-refractivity contribution in [3.63, 3.8) is 0 Å². The van der Waals surface area contributed by atoms with Crippen LogP contribution < -0.4 is 5.32 Å². The van der Waals surface area contributed by atoms with Crippen LogP contribution in [0.4, 0.5) is 0 Å². The van der Waals surface area contributed by atoms with E-state index in [2.05, 4.69) is 5.32 Å². The molecule has 3 rings (SSSR count). The summed E-state index contributed by atoms with van der Waals surface area (Å²) in [7, 11) is 0. The van der Waals surface area contributed by atoms with Crippen molar-refractivity contribution in [2.24, 2.45) is 0 Å². The Balaban J connectivity index is 2.13. The first-order valence-electron chi connectivity index (χ1n) is 6.96. The number of hydrogen-bond acceptors (Lipinski definition) is 1. The fourth-order valence-corrected chi connectivity index (χ4v) is 3.46. The van der Waals surface area contributed by atoms with E-state index < -0.39 is 0 Å². The Bertz CT molecular complexity index is 699. The van der Waals surface area contributed by atoms with E-state index >= 15 is 0 Å². The second kappa shape index (κ2) is 5.70. The number of carbonyl (C=O) groups is 1. The summed E-state index contributed by atoms with van der Waals surface area (Å²) in [4.78, 5) is 12.4. The Hall–Kier alpha value is -1.51. The molecule has 4 heteroatoms. The van der Waals surface area contributed by atoms with E-state index in [0.717, 1.165) is 23.1 Å². The molecule has 0 spiro atoms. The minimum atomic E-state index is -0.221. The number of nitrogens with one attached hydrogen (secondary N) is 1. The number of fused-ring (bicyclic) bond motifs is 1. The highest BCUT2D eigenvalue weighted by molar-refractivity contribution is 6.35. The van der Waals surface area contributed by atoms with Crippen LogP contribution in [0.1, 0.15) is 42.0 Å². The molecule has 1 N–H and O–H groups in total. The molecule has 108 valence electrons. The zero-order valence-corrected chi connectivity index (χ0v) is 13.1. The van der Waals surface area contributed by atoms with E-state index in [1.54, 1.807) is 12.1 Å². The van der Waals surface area contributed by atoms with Crippen LogP contribution in [0.5, 0.6) is 0 Å². The number of halogens is 2. The molecule has 0 aliphatic carbocycles. The molecule has 1 aliphatic rings. The fraction of sp³-hybridized carbons (Fsp3) is 0.235. The molecule has 2 aromatic carbocycles. The van der Waals surface area contributed by atoms with Gasteiger partial charge in [-0.2, -0.15) is 0 Å². The van der Waals surface area contributed by atoms with Gasteiger partial charge in [-0.15, -0.1) is 0 Å². The van der Waals surface area contributed by atoms with E-state index in [0.29, 0.717) is 10.0 Å². The van der Waals surface area contributed by atoms with Gasteiger partial charge in [0.1, 0.15) is 0 Å². The fourth-order valence-electron chi connectivity index (χ4n) is 2.94. The molecule has 0 aromatic heterocycles. The smallest absolute Gasteiger partial charge is 0.228 e. The SMILES string of the molecule is CCC1C(=O)NC(c2ccc(Cl)cc2Cl)c2ccccc21. The molecule has 1 heterocycles. The molecule has 0 saturated heterocycles. The van der Waals surface area contributed by atoms with Gasteiger partial charge in [-0.1, -0.05) is 60.5 Å². The average molecular weight is 320 g/mol. The largest absolute Gasteiger partial charge is 0.345 e. The highest BCUT2D eigenvalue weighted by Gasteiger charge is 2.33. The predicted molar refractivity (Wildman–Crippen MR) is 85.9 cm³/mol. The summed E-state index contributed by atoms with van der Waals surface area (Å²) in [6.07, 6.45) is 0.782. The van der Waals surface area contributed by atoms with Gasteiger partial charge in [0.25, 0.3) is 0 Å². The van der Waals surface area contributed by atoms with E-state index in [-0.39, 0.29) is 17.9 Å². The van der Waals surface area contributed by atoms with Gasteiger partial charge in [0, 0.05) is 10.0 Å². The van der Waals surface area contributed by atoms with E-state index in [1.807, 2.05) is 37.3 Å². The summed E-state index contributed by atoms with van der Waals surface area (Å²) in [5.41, 5.74) is 3.06. The normalized spacial score (nSPS) is 20.8. The molecule has 0 radical (unpaired) electrons. The lowest BCUT2D eigenvalue weighted by Gasteiger charge is -2.32. The zero-order chi connectivity index (χ0) is 15.0. The summed E-state index contributed by atoms with van der Waals surface area (Å²) >= 11 is 12.3. The molecule has 0 bridgehead atoms. The average Bonchev–Trinajstić information content (AvgIpc) is 2.47. The minimum absolute atomic E-state index is 0.0483. The lowest BCUT2D eigenvalue weighted by Crippen LogP contribution is -2.39. The third-order valence-corrected chi connectivity index (χ3v) is 4.53. The van der Waals surface area contributed by atoms with Gasteiger partial charge in [0.2, 0.25) is 5.91 Å². The number of hydrogen-bond donors (Lipinski definition) is 1. The number of carbonyl (C=O) groups excluding carboxylic acids is 1. The number of rotatable bonds is 2. The van der Waals surface area contributed by atoms with Gasteiger partial charge >= 0.3 is 0 Å².